The molecule has 0 atom stereocenters. The van der Waals surface area contributed by atoms with Gasteiger partial charge in [0, 0.05) is 11.4 Å². The molecule has 0 unspecified atom stereocenters. The summed E-state index contributed by atoms with van der Waals surface area (Å²) in [7, 11) is 0. The Labute approximate surface area is 184 Å². The Bertz CT molecular complexity index is 1020. The van der Waals surface area contributed by atoms with Crippen molar-refractivity contribution in [3.63, 3.8) is 0 Å². The van der Waals surface area contributed by atoms with Gasteiger partial charge in [0.2, 0.25) is 0 Å². The predicted molar refractivity (Wildman–Crippen MR) is 123 cm³/mol. The minimum absolute atomic E-state index is 0.155. The Morgan fingerprint density at radius 2 is 1.70 bits per heavy atom. The Balaban J connectivity index is 1.58. The lowest BCUT2D eigenvalue weighted by Crippen LogP contribution is -2.49. The second-order valence-electron chi connectivity index (χ2n) is 10.2. The summed E-state index contributed by atoms with van der Waals surface area (Å²) in [5.41, 5.74) is 4.97. The van der Waals surface area contributed by atoms with Crippen LogP contribution in [0.1, 0.15) is 68.4 Å². The normalized spacial score (nSPS) is 30.3. The van der Waals surface area contributed by atoms with Gasteiger partial charge in [-0.15, -0.1) is 11.3 Å². The van der Waals surface area contributed by atoms with Gasteiger partial charge in [-0.25, -0.2) is 0 Å². The van der Waals surface area contributed by atoms with Crippen molar-refractivity contribution >= 4 is 17.2 Å². The summed E-state index contributed by atoms with van der Waals surface area (Å²) >= 11 is 1.72. The molecule has 0 spiro atoms. The van der Waals surface area contributed by atoms with Crippen molar-refractivity contribution in [3.05, 3.63) is 39.0 Å². The van der Waals surface area contributed by atoms with Crippen LogP contribution in [0.3, 0.4) is 0 Å². The summed E-state index contributed by atoms with van der Waals surface area (Å²) in [5, 5.41) is 0. The van der Waals surface area contributed by atoms with Crippen LogP contribution in [0.2, 0.25) is 0 Å². The van der Waals surface area contributed by atoms with Gasteiger partial charge in [-0.1, -0.05) is 19.1 Å². The highest BCUT2D eigenvalue weighted by Gasteiger charge is 2.54. The fraction of sp³-hybridized carbons (Fsp3) is 0.615. The number of thiazole rings is 1. The summed E-state index contributed by atoms with van der Waals surface area (Å²) in [6.45, 7) is 9.55. The molecule has 0 aliphatic heterocycles. The van der Waals surface area contributed by atoms with E-state index < -0.39 is 0 Å². The minimum Gasteiger partial charge on any atom is -0.316 e. The van der Waals surface area contributed by atoms with E-state index in [0.717, 1.165) is 54.8 Å². The third-order valence-corrected chi connectivity index (χ3v) is 9.31. The average molecular weight is 423 g/mol. The summed E-state index contributed by atoms with van der Waals surface area (Å²) < 4.78 is 2.28. The number of carbonyl (C=O) groups is 1. The maximum atomic E-state index is 13.6. The van der Waals surface area contributed by atoms with E-state index in [2.05, 4.69) is 50.5 Å². The molecule has 30 heavy (non-hydrogen) atoms. The minimum atomic E-state index is -0.155. The summed E-state index contributed by atoms with van der Waals surface area (Å²) in [4.78, 5) is 20.7. The van der Waals surface area contributed by atoms with Crippen LogP contribution in [0, 0.1) is 37.0 Å². The fourth-order valence-electron chi connectivity index (χ4n) is 6.86. The zero-order valence-electron chi connectivity index (χ0n) is 18.8. The first-order valence-electron chi connectivity index (χ1n) is 11.8. The molecule has 160 valence electrons. The zero-order chi connectivity index (χ0) is 21.0. The number of hydrogen-bond acceptors (Lipinski definition) is 2. The van der Waals surface area contributed by atoms with E-state index in [-0.39, 0.29) is 11.3 Å². The zero-order valence-corrected chi connectivity index (χ0v) is 19.6. The van der Waals surface area contributed by atoms with E-state index in [1.165, 1.54) is 46.5 Å². The Kier molecular flexibility index (Phi) is 5.04. The molecule has 1 aromatic carbocycles. The van der Waals surface area contributed by atoms with Crippen molar-refractivity contribution in [1.29, 1.82) is 0 Å². The standard InChI is InChI=1S/C26H34N2OS/c1-5-22-23(21-8-7-16(3)17(4)9-21)28(6-2)25(30-22)27-24(29)26-13-18-10-19(14-26)12-20(11-18)15-26/h7-9,18-20H,5-6,10-15H2,1-4H3. The lowest BCUT2D eigenvalue weighted by Gasteiger charge is -2.55. The van der Waals surface area contributed by atoms with Crippen molar-refractivity contribution in [2.45, 2.75) is 79.2 Å². The molecule has 4 saturated carbocycles. The molecule has 0 N–H and O–H groups in total. The first-order valence-corrected chi connectivity index (χ1v) is 12.6. The van der Waals surface area contributed by atoms with Crippen molar-refractivity contribution in [1.82, 2.24) is 4.57 Å². The fourth-order valence-corrected chi connectivity index (χ4v) is 8.01. The smallest absolute Gasteiger partial charge is 0.254 e. The molecule has 1 amide bonds. The van der Waals surface area contributed by atoms with E-state index >= 15 is 0 Å². The van der Waals surface area contributed by atoms with Gasteiger partial charge in [0.25, 0.3) is 5.91 Å². The molecule has 4 aliphatic carbocycles. The lowest BCUT2D eigenvalue weighted by molar-refractivity contribution is -0.142. The van der Waals surface area contributed by atoms with Gasteiger partial charge in [0.15, 0.2) is 4.80 Å². The highest BCUT2D eigenvalue weighted by Crippen LogP contribution is 2.60. The quantitative estimate of drug-likeness (QED) is 0.590. The van der Waals surface area contributed by atoms with Crippen molar-refractivity contribution in [2.24, 2.45) is 28.2 Å². The number of benzene rings is 1. The number of rotatable bonds is 4. The first-order chi connectivity index (χ1) is 14.4. The average Bonchev–Trinajstić information content (AvgIpc) is 3.06. The molecule has 1 aromatic heterocycles. The first kappa shape index (κ1) is 20.2. The van der Waals surface area contributed by atoms with Crippen LogP contribution < -0.4 is 4.80 Å². The number of nitrogens with zero attached hydrogens (tertiary/aromatic N) is 2. The maximum Gasteiger partial charge on any atom is 0.254 e. The molecular weight excluding hydrogens is 388 g/mol. The second kappa shape index (κ2) is 7.47. The molecule has 3 nitrogen and oxygen atoms in total. The summed E-state index contributed by atoms with van der Waals surface area (Å²) in [6, 6.07) is 6.72. The number of carbonyl (C=O) groups excluding carboxylic acids is 1. The van der Waals surface area contributed by atoms with Crippen LogP contribution in [-0.4, -0.2) is 10.5 Å². The lowest BCUT2D eigenvalue weighted by atomic mass is 9.49. The summed E-state index contributed by atoms with van der Waals surface area (Å²) in [6.07, 6.45) is 8.30. The van der Waals surface area contributed by atoms with Crippen LogP contribution in [0.5, 0.6) is 0 Å². The number of amides is 1. The monoisotopic (exact) mass is 422 g/mol. The maximum absolute atomic E-state index is 13.6. The van der Waals surface area contributed by atoms with Crippen LogP contribution in [-0.2, 0) is 17.8 Å². The van der Waals surface area contributed by atoms with Crippen LogP contribution in [0.25, 0.3) is 11.3 Å². The molecule has 6 rings (SSSR count). The van der Waals surface area contributed by atoms with E-state index in [1.807, 2.05) is 0 Å². The van der Waals surface area contributed by atoms with Gasteiger partial charge in [0.1, 0.15) is 0 Å². The topological polar surface area (TPSA) is 34.4 Å². The molecule has 0 saturated heterocycles. The Morgan fingerprint density at radius 3 is 2.23 bits per heavy atom. The highest BCUT2D eigenvalue weighted by molar-refractivity contribution is 7.09. The largest absolute Gasteiger partial charge is 0.316 e. The number of aromatic nitrogens is 1. The highest BCUT2D eigenvalue weighted by atomic mass is 32.1. The van der Waals surface area contributed by atoms with Gasteiger partial charge in [0.05, 0.1) is 11.1 Å². The molecule has 4 bridgehead atoms. The molecular formula is C26H34N2OS. The summed E-state index contributed by atoms with van der Waals surface area (Å²) in [5.74, 6) is 2.50. The Morgan fingerprint density at radius 1 is 1.07 bits per heavy atom. The van der Waals surface area contributed by atoms with Crippen LogP contribution in [0.4, 0.5) is 0 Å². The third-order valence-electron chi connectivity index (χ3n) is 8.09. The van der Waals surface area contributed by atoms with Crippen molar-refractivity contribution in [2.75, 3.05) is 0 Å². The van der Waals surface area contributed by atoms with Gasteiger partial charge < -0.3 is 4.57 Å². The number of aryl methyl sites for hydroxylation is 3. The molecule has 0 radical (unpaired) electrons. The van der Waals surface area contributed by atoms with E-state index in [9.17, 15) is 4.79 Å². The molecule has 4 heteroatoms. The van der Waals surface area contributed by atoms with Crippen LogP contribution in [0.15, 0.2) is 23.2 Å². The molecule has 4 fully saturated rings. The van der Waals surface area contributed by atoms with Crippen molar-refractivity contribution in [3.8, 4) is 11.3 Å². The van der Waals surface area contributed by atoms with E-state index in [0.29, 0.717) is 0 Å². The molecule has 4 aliphatic rings. The number of hydrogen-bond donors (Lipinski definition) is 0. The van der Waals surface area contributed by atoms with Gasteiger partial charge >= 0.3 is 0 Å². The molecule has 2 aromatic rings. The SMILES string of the molecule is CCc1sc(=NC(=O)C23CC4CC(CC(C4)C2)C3)n(CC)c1-c1ccc(C)c(C)c1. The van der Waals surface area contributed by atoms with E-state index in [1.54, 1.807) is 11.3 Å². The van der Waals surface area contributed by atoms with Crippen molar-refractivity contribution < 1.29 is 4.79 Å². The Hall–Kier alpha value is -1.68. The van der Waals surface area contributed by atoms with Gasteiger partial charge in [-0.05, 0) is 106 Å². The predicted octanol–water partition coefficient (Wildman–Crippen LogP) is 6.06. The van der Waals surface area contributed by atoms with Gasteiger partial charge in [-0.2, -0.15) is 4.99 Å². The second-order valence-corrected chi connectivity index (χ2v) is 11.2. The third kappa shape index (κ3) is 3.23. The molecule has 1 heterocycles. The van der Waals surface area contributed by atoms with Gasteiger partial charge in [-0.3, -0.25) is 4.79 Å². The van der Waals surface area contributed by atoms with Crippen LogP contribution >= 0.6 is 11.3 Å². The van der Waals surface area contributed by atoms with E-state index in [4.69, 9.17) is 4.99 Å².